The van der Waals surface area contributed by atoms with Gasteiger partial charge in [0.15, 0.2) is 6.61 Å². The highest BCUT2D eigenvalue weighted by Gasteiger charge is 2.37. The van der Waals surface area contributed by atoms with E-state index in [9.17, 15) is 9.59 Å². The molecule has 2 atom stereocenters. The SMILES string of the molecule is COC(=O)C1CN(C(=O)COc2cccc(N)c2)CC1C. The number of rotatable bonds is 4. The van der Waals surface area contributed by atoms with Gasteiger partial charge in [-0.15, -0.1) is 0 Å². The molecule has 1 aliphatic heterocycles. The van der Waals surface area contributed by atoms with Gasteiger partial charge in [0.1, 0.15) is 5.75 Å². The van der Waals surface area contributed by atoms with Crippen molar-refractivity contribution >= 4 is 17.6 Å². The molecule has 0 aromatic heterocycles. The van der Waals surface area contributed by atoms with Crippen LogP contribution in [0, 0.1) is 11.8 Å². The van der Waals surface area contributed by atoms with Crippen LogP contribution in [0.4, 0.5) is 5.69 Å². The Bertz CT molecular complexity index is 532. The average molecular weight is 292 g/mol. The maximum absolute atomic E-state index is 12.1. The fourth-order valence-corrected chi connectivity index (χ4v) is 2.47. The van der Waals surface area contributed by atoms with Gasteiger partial charge in [-0.05, 0) is 18.1 Å². The fourth-order valence-electron chi connectivity index (χ4n) is 2.47. The first kappa shape index (κ1) is 15.2. The standard InChI is InChI=1S/C15H20N2O4/c1-10-7-17(8-13(10)15(19)20-2)14(18)9-21-12-5-3-4-11(16)6-12/h3-6,10,13H,7-9,16H2,1-2H3. The number of ether oxygens (including phenoxy) is 2. The molecule has 0 bridgehead atoms. The number of hydrogen-bond acceptors (Lipinski definition) is 5. The number of methoxy groups -OCH3 is 1. The molecule has 0 saturated carbocycles. The third-order valence-corrected chi connectivity index (χ3v) is 3.69. The molecule has 6 nitrogen and oxygen atoms in total. The van der Waals surface area contributed by atoms with Gasteiger partial charge in [0.2, 0.25) is 0 Å². The largest absolute Gasteiger partial charge is 0.484 e. The quantitative estimate of drug-likeness (QED) is 0.659. The van der Waals surface area contributed by atoms with Crippen LogP contribution in [0.1, 0.15) is 6.92 Å². The van der Waals surface area contributed by atoms with Gasteiger partial charge in [0.25, 0.3) is 5.91 Å². The van der Waals surface area contributed by atoms with E-state index in [0.717, 1.165) is 0 Å². The zero-order valence-electron chi connectivity index (χ0n) is 12.2. The van der Waals surface area contributed by atoms with E-state index in [1.54, 1.807) is 29.2 Å². The number of likely N-dealkylation sites (tertiary alicyclic amines) is 1. The summed E-state index contributed by atoms with van der Waals surface area (Å²) in [5, 5.41) is 0. The minimum absolute atomic E-state index is 0.0654. The van der Waals surface area contributed by atoms with Gasteiger partial charge in [-0.1, -0.05) is 13.0 Å². The lowest BCUT2D eigenvalue weighted by atomic mass is 9.99. The second kappa shape index (κ2) is 6.47. The Morgan fingerprint density at radius 1 is 1.38 bits per heavy atom. The summed E-state index contributed by atoms with van der Waals surface area (Å²) < 4.78 is 10.2. The molecule has 1 amide bonds. The summed E-state index contributed by atoms with van der Waals surface area (Å²) in [4.78, 5) is 25.4. The van der Waals surface area contributed by atoms with Gasteiger partial charge in [-0.3, -0.25) is 9.59 Å². The van der Waals surface area contributed by atoms with Crippen LogP contribution in [0.5, 0.6) is 5.75 Å². The zero-order chi connectivity index (χ0) is 15.4. The zero-order valence-corrected chi connectivity index (χ0v) is 12.2. The molecule has 0 spiro atoms. The van der Waals surface area contributed by atoms with Crippen LogP contribution in [0.2, 0.25) is 0 Å². The van der Waals surface area contributed by atoms with Crippen molar-refractivity contribution in [2.45, 2.75) is 6.92 Å². The average Bonchev–Trinajstić information content (AvgIpc) is 2.86. The number of nitrogens with two attached hydrogens (primary N) is 1. The second-order valence-corrected chi connectivity index (χ2v) is 5.27. The number of hydrogen-bond donors (Lipinski definition) is 1. The number of carbonyl (C=O) groups excluding carboxylic acids is 2. The third kappa shape index (κ3) is 3.65. The number of amides is 1. The van der Waals surface area contributed by atoms with E-state index in [2.05, 4.69) is 0 Å². The Labute approximate surface area is 123 Å². The van der Waals surface area contributed by atoms with Crippen molar-refractivity contribution in [2.24, 2.45) is 11.8 Å². The van der Waals surface area contributed by atoms with Crippen LogP contribution < -0.4 is 10.5 Å². The molecular weight excluding hydrogens is 272 g/mol. The van der Waals surface area contributed by atoms with Crippen LogP contribution in [0.3, 0.4) is 0 Å². The summed E-state index contributed by atoms with van der Waals surface area (Å²) in [5.74, 6) is -0.0227. The lowest BCUT2D eigenvalue weighted by molar-refractivity contribution is -0.146. The monoisotopic (exact) mass is 292 g/mol. The van der Waals surface area contributed by atoms with Crippen molar-refractivity contribution in [3.8, 4) is 5.75 Å². The lowest BCUT2D eigenvalue weighted by Crippen LogP contribution is -2.34. The smallest absolute Gasteiger partial charge is 0.310 e. The number of nitrogens with zero attached hydrogens (tertiary/aromatic N) is 1. The Morgan fingerprint density at radius 3 is 2.81 bits per heavy atom. The van der Waals surface area contributed by atoms with Gasteiger partial charge < -0.3 is 20.1 Å². The van der Waals surface area contributed by atoms with Crippen LogP contribution in [0.15, 0.2) is 24.3 Å². The molecule has 2 N–H and O–H groups in total. The fraction of sp³-hybridized carbons (Fsp3) is 0.467. The van der Waals surface area contributed by atoms with Crippen molar-refractivity contribution < 1.29 is 19.1 Å². The van der Waals surface area contributed by atoms with Crippen molar-refractivity contribution in [1.29, 1.82) is 0 Å². The molecular formula is C15H20N2O4. The summed E-state index contributed by atoms with van der Waals surface area (Å²) in [6.07, 6.45) is 0. The second-order valence-electron chi connectivity index (χ2n) is 5.27. The number of esters is 1. The highest BCUT2D eigenvalue weighted by molar-refractivity contribution is 5.80. The molecule has 0 radical (unpaired) electrons. The van der Waals surface area contributed by atoms with Crippen molar-refractivity contribution in [3.63, 3.8) is 0 Å². The Balaban J connectivity index is 1.88. The van der Waals surface area contributed by atoms with Gasteiger partial charge >= 0.3 is 5.97 Å². The number of anilines is 1. The van der Waals surface area contributed by atoms with E-state index in [-0.39, 0.29) is 30.3 Å². The van der Waals surface area contributed by atoms with E-state index < -0.39 is 0 Å². The molecule has 1 aromatic rings. The summed E-state index contributed by atoms with van der Waals surface area (Å²) in [6.45, 7) is 2.80. The van der Waals surface area contributed by atoms with Crippen LogP contribution in [0.25, 0.3) is 0 Å². The predicted molar refractivity (Wildman–Crippen MR) is 77.6 cm³/mol. The molecule has 1 aromatic carbocycles. The van der Waals surface area contributed by atoms with Crippen LogP contribution >= 0.6 is 0 Å². The summed E-state index contributed by atoms with van der Waals surface area (Å²) >= 11 is 0. The van der Waals surface area contributed by atoms with Crippen molar-refractivity contribution in [3.05, 3.63) is 24.3 Å². The highest BCUT2D eigenvalue weighted by Crippen LogP contribution is 2.24. The molecule has 1 aliphatic rings. The number of carbonyl (C=O) groups is 2. The molecule has 114 valence electrons. The molecule has 1 fully saturated rings. The minimum atomic E-state index is -0.269. The summed E-state index contributed by atoms with van der Waals surface area (Å²) in [6, 6.07) is 6.92. The van der Waals surface area contributed by atoms with E-state index in [1.807, 2.05) is 6.92 Å². The Kier molecular flexibility index (Phi) is 4.67. The van der Waals surface area contributed by atoms with Crippen LogP contribution in [-0.2, 0) is 14.3 Å². The van der Waals surface area contributed by atoms with Crippen molar-refractivity contribution in [2.75, 3.05) is 32.5 Å². The highest BCUT2D eigenvalue weighted by atomic mass is 16.5. The topological polar surface area (TPSA) is 81.9 Å². The van der Waals surface area contributed by atoms with Gasteiger partial charge in [-0.2, -0.15) is 0 Å². The van der Waals surface area contributed by atoms with Gasteiger partial charge in [-0.25, -0.2) is 0 Å². The summed E-state index contributed by atoms with van der Waals surface area (Å²) in [5.41, 5.74) is 6.23. The minimum Gasteiger partial charge on any atom is -0.484 e. The Morgan fingerprint density at radius 2 is 2.14 bits per heavy atom. The first-order valence-electron chi connectivity index (χ1n) is 6.85. The van der Waals surface area contributed by atoms with E-state index in [1.165, 1.54) is 7.11 Å². The molecule has 1 saturated heterocycles. The maximum Gasteiger partial charge on any atom is 0.310 e. The van der Waals surface area contributed by atoms with Crippen LogP contribution in [-0.4, -0.2) is 43.6 Å². The molecule has 6 heteroatoms. The molecule has 0 aliphatic carbocycles. The van der Waals surface area contributed by atoms with E-state index in [4.69, 9.17) is 15.2 Å². The lowest BCUT2D eigenvalue weighted by Gasteiger charge is -2.16. The van der Waals surface area contributed by atoms with E-state index in [0.29, 0.717) is 24.5 Å². The maximum atomic E-state index is 12.1. The first-order valence-corrected chi connectivity index (χ1v) is 6.85. The predicted octanol–water partition coefficient (Wildman–Crippen LogP) is 0.915. The first-order chi connectivity index (χ1) is 10.0. The third-order valence-electron chi connectivity index (χ3n) is 3.69. The van der Waals surface area contributed by atoms with Gasteiger partial charge in [0.05, 0.1) is 13.0 Å². The molecule has 2 unspecified atom stereocenters. The molecule has 21 heavy (non-hydrogen) atoms. The number of benzene rings is 1. The molecule has 2 rings (SSSR count). The number of nitrogen functional groups attached to an aromatic ring is 1. The normalized spacial score (nSPS) is 21.1. The van der Waals surface area contributed by atoms with Crippen molar-refractivity contribution in [1.82, 2.24) is 4.90 Å². The van der Waals surface area contributed by atoms with Gasteiger partial charge in [0, 0.05) is 24.8 Å². The Hall–Kier alpha value is -2.24. The van der Waals surface area contributed by atoms with E-state index >= 15 is 0 Å². The summed E-state index contributed by atoms with van der Waals surface area (Å²) in [7, 11) is 1.36. The molecule has 1 heterocycles.